The lowest BCUT2D eigenvalue weighted by Crippen LogP contribution is -2.26. The monoisotopic (exact) mass is 577 g/mol. The zero-order chi connectivity index (χ0) is 31.0. The normalized spacial score (nSPS) is 16.7. The van der Waals surface area contributed by atoms with E-state index in [2.05, 4.69) is 25.1 Å². The maximum atomic E-state index is 15.2. The summed E-state index contributed by atoms with van der Waals surface area (Å²) in [6.45, 7) is 17.5. The van der Waals surface area contributed by atoms with Gasteiger partial charge in [0.05, 0.1) is 6.54 Å². The number of hydrogen-bond acceptors (Lipinski definition) is 3. The van der Waals surface area contributed by atoms with Crippen LogP contribution in [0.15, 0.2) is 109 Å². The van der Waals surface area contributed by atoms with E-state index in [4.69, 9.17) is 5.73 Å². The average Bonchev–Trinajstić information content (AvgIpc) is 3.29. The van der Waals surface area contributed by atoms with E-state index in [1.165, 1.54) is 12.1 Å². The van der Waals surface area contributed by atoms with Crippen molar-refractivity contribution in [1.82, 2.24) is 10.2 Å². The maximum Gasteiger partial charge on any atom is 0.261 e. The van der Waals surface area contributed by atoms with Gasteiger partial charge in [-0.2, -0.15) is 0 Å². The molecule has 1 saturated heterocycles. The number of alkyl halides is 2. The predicted molar refractivity (Wildman–Crippen MR) is 168 cm³/mol. The summed E-state index contributed by atoms with van der Waals surface area (Å²) in [4.78, 5) is 1.67. The summed E-state index contributed by atoms with van der Waals surface area (Å²) in [5, 5.41) is 3.28. The lowest BCUT2D eigenvalue weighted by atomic mass is 9.95. The fourth-order valence-electron chi connectivity index (χ4n) is 4.94. The van der Waals surface area contributed by atoms with Gasteiger partial charge in [0.25, 0.3) is 5.92 Å². The largest absolute Gasteiger partial charge is 0.398 e. The van der Waals surface area contributed by atoms with Gasteiger partial charge in [-0.25, -0.2) is 17.6 Å². The minimum Gasteiger partial charge on any atom is -0.398 e. The SMILES string of the molecule is C=C/C=C(\C(C)=C(/C)NC(=C)Cc1cc(C(/C=C(\C=C)CN2CCC(F)(F)C2)=C/C)c(F)cc1N)c1ccccc1F. The molecule has 0 aliphatic carbocycles. The molecular formula is C35H39F4N3. The molecule has 222 valence electrons. The number of nitrogens with one attached hydrogen (secondary N) is 1. The van der Waals surface area contributed by atoms with Crippen molar-refractivity contribution in [2.45, 2.75) is 39.5 Å². The van der Waals surface area contributed by atoms with Crippen LogP contribution in [-0.2, 0) is 6.42 Å². The van der Waals surface area contributed by atoms with Gasteiger partial charge in [0.15, 0.2) is 0 Å². The lowest BCUT2D eigenvalue weighted by molar-refractivity contribution is 0.0131. The Morgan fingerprint density at radius 3 is 2.40 bits per heavy atom. The molecule has 0 bridgehead atoms. The van der Waals surface area contributed by atoms with Crippen molar-refractivity contribution in [3.63, 3.8) is 0 Å². The Morgan fingerprint density at radius 2 is 1.81 bits per heavy atom. The van der Waals surface area contributed by atoms with Gasteiger partial charge >= 0.3 is 0 Å². The number of benzene rings is 2. The summed E-state index contributed by atoms with van der Waals surface area (Å²) >= 11 is 0. The predicted octanol–water partition coefficient (Wildman–Crippen LogP) is 8.61. The van der Waals surface area contributed by atoms with Crippen molar-refractivity contribution in [3.8, 4) is 0 Å². The molecule has 0 aromatic heterocycles. The van der Waals surface area contributed by atoms with E-state index < -0.39 is 11.7 Å². The Morgan fingerprint density at radius 1 is 1.10 bits per heavy atom. The zero-order valence-electron chi connectivity index (χ0n) is 24.5. The molecule has 1 fully saturated rings. The number of halogens is 4. The van der Waals surface area contributed by atoms with E-state index in [1.807, 2.05) is 13.8 Å². The molecule has 7 heteroatoms. The molecule has 1 heterocycles. The number of allylic oxidation sites excluding steroid dienone is 9. The summed E-state index contributed by atoms with van der Waals surface area (Å²) < 4.78 is 57.1. The molecular weight excluding hydrogens is 538 g/mol. The Balaban J connectivity index is 1.83. The van der Waals surface area contributed by atoms with Crippen LogP contribution in [0.4, 0.5) is 23.2 Å². The third kappa shape index (κ3) is 8.23. The van der Waals surface area contributed by atoms with Gasteiger partial charge in [0.1, 0.15) is 11.6 Å². The molecule has 0 amide bonds. The third-order valence-electron chi connectivity index (χ3n) is 7.29. The van der Waals surface area contributed by atoms with Gasteiger partial charge < -0.3 is 11.1 Å². The molecule has 42 heavy (non-hydrogen) atoms. The summed E-state index contributed by atoms with van der Waals surface area (Å²) in [6.07, 6.45) is 8.63. The highest BCUT2D eigenvalue weighted by Gasteiger charge is 2.38. The molecule has 3 N–H and O–H groups in total. The van der Waals surface area contributed by atoms with Gasteiger partial charge in [0, 0.05) is 54.1 Å². The number of nitrogens with two attached hydrogens (primary N) is 1. The highest BCUT2D eigenvalue weighted by atomic mass is 19.3. The Hall–Kier alpha value is -4.10. The Labute approximate surface area is 246 Å². The van der Waals surface area contributed by atoms with Crippen LogP contribution in [0.1, 0.15) is 43.9 Å². The van der Waals surface area contributed by atoms with Crippen LogP contribution in [0.2, 0.25) is 0 Å². The van der Waals surface area contributed by atoms with Crippen molar-refractivity contribution < 1.29 is 17.6 Å². The molecule has 0 atom stereocenters. The quantitative estimate of drug-likeness (QED) is 0.151. The van der Waals surface area contributed by atoms with Crippen molar-refractivity contribution in [2.75, 3.05) is 25.4 Å². The first-order valence-electron chi connectivity index (χ1n) is 13.8. The molecule has 1 aliphatic heterocycles. The standard InChI is InChI=1S/C35H39F4N3/c1-7-12-29(30-13-10-11-14-32(30)36)24(5)25(6)41-23(4)17-28-19-31(33(37)20-34(28)40)27(9-3)18-26(8-2)21-42-16-15-35(38,39)22-42/h7-14,18-20,41H,1-2,4,15-17,21-22,40H2,3,5-6H3/b25-24+,26-18+,27-9+,29-12+. The second-order valence-corrected chi connectivity index (χ2v) is 10.5. The van der Waals surface area contributed by atoms with Crippen LogP contribution in [-0.4, -0.2) is 30.5 Å². The highest BCUT2D eigenvalue weighted by molar-refractivity contribution is 5.80. The van der Waals surface area contributed by atoms with E-state index in [0.717, 1.165) is 11.3 Å². The molecule has 0 unspecified atom stereocenters. The van der Waals surface area contributed by atoms with Crippen molar-refractivity contribution in [1.29, 1.82) is 0 Å². The molecule has 0 saturated carbocycles. The van der Waals surface area contributed by atoms with Crippen LogP contribution < -0.4 is 11.1 Å². The third-order valence-corrected chi connectivity index (χ3v) is 7.29. The Kier molecular flexibility index (Phi) is 10.9. The average molecular weight is 578 g/mol. The van der Waals surface area contributed by atoms with Crippen LogP contribution in [0.25, 0.3) is 11.1 Å². The van der Waals surface area contributed by atoms with Crippen LogP contribution in [0.5, 0.6) is 0 Å². The second-order valence-electron chi connectivity index (χ2n) is 10.5. The van der Waals surface area contributed by atoms with Gasteiger partial charge in [-0.15, -0.1) is 0 Å². The van der Waals surface area contributed by atoms with Crippen LogP contribution in [0, 0.1) is 11.6 Å². The first-order chi connectivity index (χ1) is 19.9. The number of nitrogens with zero attached hydrogens (tertiary/aromatic N) is 1. The van der Waals surface area contributed by atoms with Crippen LogP contribution >= 0.6 is 0 Å². The summed E-state index contributed by atoms with van der Waals surface area (Å²) in [7, 11) is 0. The summed E-state index contributed by atoms with van der Waals surface area (Å²) in [5.41, 5.74) is 12.1. The minimum atomic E-state index is -2.70. The topological polar surface area (TPSA) is 41.3 Å². The van der Waals surface area contributed by atoms with Crippen molar-refractivity contribution >= 4 is 16.8 Å². The molecule has 0 spiro atoms. The van der Waals surface area contributed by atoms with Gasteiger partial charge in [-0.3, -0.25) is 4.90 Å². The molecule has 3 nitrogen and oxygen atoms in total. The summed E-state index contributed by atoms with van der Waals surface area (Å²) in [6, 6.07) is 9.49. The molecule has 3 rings (SSSR count). The first kappa shape index (κ1) is 32.4. The fraction of sp³-hybridized carbons (Fsp3) is 0.257. The zero-order valence-corrected chi connectivity index (χ0v) is 24.5. The minimum absolute atomic E-state index is 0.176. The van der Waals surface area contributed by atoms with E-state index in [0.29, 0.717) is 52.1 Å². The number of nitrogen functional groups attached to an aromatic ring is 1. The van der Waals surface area contributed by atoms with E-state index >= 15 is 4.39 Å². The van der Waals surface area contributed by atoms with Gasteiger partial charge in [-0.1, -0.05) is 68.3 Å². The second kappa shape index (κ2) is 14.2. The molecule has 2 aromatic rings. The van der Waals surface area contributed by atoms with Crippen LogP contribution in [0.3, 0.4) is 0 Å². The number of rotatable bonds is 12. The molecule has 2 aromatic carbocycles. The van der Waals surface area contributed by atoms with Crippen molar-refractivity contribution in [3.05, 3.63) is 137 Å². The molecule has 1 aliphatic rings. The van der Waals surface area contributed by atoms with Crippen molar-refractivity contribution in [2.24, 2.45) is 0 Å². The lowest BCUT2D eigenvalue weighted by Gasteiger charge is -2.18. The number of likely N-dealkylation sites (tertiary alicyclic amines) is 1. The van der Waals surface area contributed by atoms with Gasteiger partial charge in [0.2, 0.25) is 0 Å². The number of hydrogen-bond donors (Lipinski definition) is 2. The highest BCUT2D eigenvalue weighted by Crippen LogP contribution is 2.31. The first-order valence-corrected chi connectivity index (χ1v) is 13.8. The van der Waals surface area contributed by atoms with E-state index in [9.17, 15) is 13.2 Å². The van der Waals surface area contributed by atoms with Gasteiger partial charge in [-0.05, 0) is 66.8 Å². The fourth-order valence-corrected chi connectivity index (χ4v) is 4.94. The smallest absolute Gasteiger partial charge is 0.261 e. The molecule has 0 radical (unpaired) electrons. The number of anilines is 1. The summed E-state index contributed by atoms with van der Waals surface area (Å²) in [5.74, 6) is -3.53. The Bertz CT molecular complexity index is 1480. The maximum absolute atomic E-state index is 15.2. The van der Waals surface area contributed by atoms with E-state index in [-0.39, 0.29) is 31.0 Å². The van der Waals surface area contributed by atoms with E-state index in [1.54, 1.807) is 66.5 Å².